The second-order valence-corrected chi connectivity index (χ2v) is 8.22. The molecule has 1 fully saturated rings. The first-order valence-electron chi connectivity index (χ1n) is 9.81. The Morgan fingerprint density at radius 1 is 1.29 bits per heavy atom. The highest BCUT2D eigenvalue weighted by molar-refractivity contribution is 6.30. The molecule has 0 amide bonds. The number of nitriles is 1. The third kappa shape index (κ3) is 3.91. The number of hydrogen-bond donors (Lipinski definition) is 2. The van der Waals surface area contributed by atoms with Gasteiger partial charge in [0.05, 0.1) is 16.9 Å². The average molecular weight is 444 g/mol. The molecule has 0 aliphatic heterocycles. The molecule has 1 aliphatic carbocycles. The van der Waals surface area contributed by atoms with Gasteiger partial charge in [-0.25, -0.2) is 15.0 Å². The third-order valence-corrected chi connectivity index (χ3v) is 5.88. The molecule has 9 heteroatoms. The Hall–Kier alpha value is -2.89. The van der Waals surface area contributed by atoms with E-state index in [1.807, 2.05) is 6.92 Å². The molecule has 2 aromatic heterocycles. The molecule has 0 spiro atoms. The van der Waals surface area contributed by atoms with Gasteiger partial charge in [0, 0.05) is 17.2 Å². The Balaban J connectivity index is 1.74. The van der Waals surface area contributed by atoms with Crippen molar-refractivity contribution in [3.63, 3.8) is 0 Å². The van der Waals surface area contributed by atoms with Crippen molar-refractivity contribution in [1.82, 2.24) is 15.0 Å². The Morgan fingerprint density at radius 2 is 2.03 bits per heavy atom. The SMILES string of the molecule is Cc1nc(N[C@H](C)c2cccc(C(F)(F)CO)c2)c2cc(C3(C#N)CC3)c(Cl)nc2n1. The standard InChI is InChI=1S/C22H20ClF2N5O/c1-12(14-4-3-5-15(8-14)22(24,25)11-31)27-19-16-9-17(21(10-26)6-7-21)18(23)30-20(16)29-13(2)28-19/h3-5,8-9,12,31H,6-7,11H2,1-2H3,(H,27,28,29,30)/t12-/m1/s1. The molecule has 1 atom stereocenters. The summed E-state index contributed by atoms with van der Waals surface area (Å²) in [6.45, 7) is 2.28. The van der Waals surface area contributed by atoms with Crippen molar-refractivity contribution in [3.8, 4) is 6.07 Å². The number of aliphatic hydroxyl groups is 1. The molecule has 160 valence electrons. The maximum atomic E-state index is 13.9. The number of fused-ring (bicyclic) bond motifs is 1. The molecule has 1 saturated carbocycles. The van der Waals surface area contributed by atoms with Crippen LogP contribution in [0, 0.1) is 18.3 Å². The molecule has 0 saturated heterocycles. The van der Waals surface area contributed by atoms with Crippen LogP contribution in [0.2, 0.25) is 5.15 Å². The second-order valence-electron chi connectivity index (χ2n) is 7.87. The fraction of sp³-hybridized carbons (Fsp3) is 0.364. The van der Waals surface area contributed by atoms with Crippen molar-refractivity contribution in [2.24, 2.45) is 0 Å². The van der Waals surface area contributed by atoms with E-state index in [-0.39, 0.29) is 16.8 Å². The van der Waals surface area contributed by atoms with Gasteiger partial charge in [-0.05, 0) is 44.4 Å². The van der Waals surface area contributed by atoms with E-state index in [0.717, 1.165) is 0 Å². The number of benzene rings is 1. The zero-order valence-corrected chi connectivity index (χ0v) is 17.7. The lowest BCUT2D eigenvalue weighted by Gasteiger charge is -2.20. The predicted molar refractivity (Wildman–Crippen MR) is 113 cm³/mol. The van der Waals surface area contributed by atoms with Crippen LogP contribution in [0.25, 0.3) is 11.0 Å². The van der Waals surface area contributed by atoms with Crippen LogP contribution >= 0.6 is 11.6 Å². The Morgan fingerprint density at radius 3 is 2.68 bits per heavy atom. The van der Waals surface area contributed by atoms with Gasteiger partial charge >= 0.3 is 0 Å². The number of aryl methyl sites for hydroxylation is 1. The summed E-state index contributed by atoms with van der Waals surface area (Å²) in [6.07, 6.45) is 1.43. The van der Waals surface area contributed by atoms with Crippen LogP contribution in [-0.4, -0.2) is 26.7 Å². The van der Waals surface area contributed by atoms with E-state index in [2.05, 4.69) is 26.3 Å². The van der Waals surface area contributed by atoms with Gasteiger partial charge < -0.3 is 10.4 Å². The van der Waals surface area contributed by atoms with Gasteiger partial charge in [-0.3, -0.25) is 0 Å². The summed E-state index contributed by atoms with van der Waals surface area (Å²) in [5.41, 5.74) is 0.760. The van der Waals surface area contributed by atoms with Crippen LogP contribution in [0.5, 0.6) is 0 Å². The van der Waals surface area contributed by atoms with E-state index in [0.29, 0.717) is 46.6 Å². The van der Waals surface area contributed by atoms with E-state index in [1.54, 1.807) is 19.1 Å². The highest BCUT2D eigenvalue weighted by atomic mass is 35.5. The number of hydrogen-bond acceptors (Lipinski definition) is 6. The average Bonchev–Trinajstić information content (AvgIpc) is 3.54. The lowest BCUT2D eigenvalue weighted by atomic mass is 9.98. The van der Waals surface area contributed by atoms with Gasteiger partial charge in [0.1, 0.15) is 23.4 Å². The van der Waals surface area contributed by atoms with Crippen LogP contribution < -0.4 is 5.32 Å². The van der Waals surface area contributed by atoms with E-state index in [4.69, 9.17) is 16.7 Å². The summed E-state index contributed by atoms with van der Waals surface area (Å²) in [5, 5.41) is 22.7. The quantitative estimate of drug-likeness (QED) is 0.531. The largest absolute Gasteiger partial charge is 0.390 e. The molecule has 2 N–H and O–H groups in total. The molecule has 6 nitrogen and oxygen atoms in total. The zero-order chi connectivity index (χ0) is 22.4. The molecule has 3 aromatic rings. The van der Waals surface area contributed by atoms with Crippen LogP contribution in [0.1, 0.15) is 48.3 Å². The summed E-state index contributed by atoms with van der Waals surface area (Å²) < 4.78 is 27.8. The molecule has 0 unspecified atom stereocenters. The van der Waals surface area contributed by atoms with E-state index in [9.17, 15) is 14.0 Å². The second kappa shape index (κ2) is 7.66. The van der Waals surface area contributed by atoms with E-state index in [1.165, 1.54) is 18.2 Å². The number of aromatic nitrogens is 3. The van der Waals surface area contributed by atoms with Crippen LogP contribution in [0.4, 0.5) is 14.6 Å². The molecule has 0 radical (unpaired) electrons. The monoisotopic (exact) mass is 443 g/mol. The van der Waals surface area contributed by atoms with Crippen molar-refractivity contribution in [3.05, 3.63) is 58.0 Å². The molecule has 31 heavy (non-hydrogen) atoms. The lowest BCUT2D eigenvalue weighted by Crippen LogP contribution is -2.19. The van der Waals surface area contributed by atoms with Gasteiger partial charge in [0.25, 0.3) is 5.92 Å². The van der Waals surface area contributed by atoms with Crippen molar-refractivity contribution in [2.75, 3.05) is 11.9 Å². The molecule has 2 heterocycles. The maximum absolute atomic E-state index is 13.9. The Kier molecular flexibility index (Phi) is 5.28. The number of rotatable bonds is 6. The molecule has 1 aliphatic rings. The fourth-order valence-corrected chi connectivity index (χ4v) is 3.88. The molecule has 1 aromatic carbocycles. The first-order valence-corrected chi connectivity index (χ1v) is 10.2. The minimum Gasteiger partial charge on any atom is -0.390 e. The van der Waals surface area contributed by atoms with Crippen molar-refractivity contribution >= 4 is 28.5 Å². The first kappa shape index (κ1) is 21.3. The van der Waals surface area contributed by atoms with Crippen LogP contribution in [0.3, 0.4) is 0 Å². The molecule has 4 rings (SSSR count). The van der Waals surface area contributed by atoms with E-state index >= 15 is 0 Å². The van der Waals surface area contributed by atoms with Gasteiger partial charge in [-0.1, -0.05) is 29.8 Å². The van der Waals surface area contributed by atoms with Crippen LogP contribution in [-0.2, 0) is 11.3 Å². The van der Waals surface area contributed by atoms with Gasteiger partial charge in [0.15, 0.2) is 5.65 Å². The van der Waals surface area contributed by atoms with Gasteiger partial charge in [0.2, 0.25) is 0 Å². The molecule has 0 bridgehead atoms. The minimum atomic E-state index is -3.32. The molecular weight excluding hydrogens is 424 g/mol. The third-order valence-electron chi connectivity index (χ3n) is 5.59. The topological polar surface area (TPSA) is 94.7 Å². The summed E-state index contributed by atoms with van der Waals surface area (Å²) in [6, 6.07) is 9.63. The number of halogens is 3. The zero-order valence-electron chi connectivity index (χ0n) is 17.0. The fourth-order valence-electron chi connectivity index (χ4n) is 3.57. The molecular formula is C22H20ClF2N5O. The highest BCUT2D eigenvalue weighted by Crippen LogP contribution is 2.50. The summed E-state index contributed by atoms with van der Waals surface area (Å²) in [7, 11) is 0. The number of aliphatic hydroxyl groups excluding tert-OH is 1. The Bertz CT molecular complexity index is 1210. The Labute approximate surface area is 182 Å². The summed E-state index contributed by atoms with van der Waals surface area (Å²) in [5.74, 6) is -2.37. The van der Waals surface area contributed by atoms with Crippen LogP contribution in [0.15, 0.2) is 30.3 Å². The smallest absolute Gasteiger partial charge is 0.295 e. The summed E-state index contributed by atoms with van der Waals surface area (Å²) in [4.78, 5) is 13.2. The first-order chi connectivity index (χ1) is 14.7. The van der Waals surface area contributed by atoms with Crippen molar-refractivity contribution < 1.29 is 13.9 Å². The van der Waals surface area contributed by atoms with Crippen molar-refractivity contribution in [2.45, 2.75) is 44.1 Å². The number of alkyl halides is 2. The number of nitrogens with one attached hydrogen (secondary N) is 1. The van der Waals surface area contributed by atoms with E-state index < -0.39 is 17.9 Å². The van der Waals surface area contributed by atoms with Gasteiger partial charge in [-0.15, -0.1) is 0 Å². The van der Waals surface area contributed by atoms with Gasteiger partial charge in [-0.2, -0.15) is 14.0 Å². The highest BCUT2D eigenvalue weighted by Gasteiger charge is 2.47. The number of anilines is 1. The number of nitrogens with zero attached hydrogens (tertiary/aromatic N) is 4. The lowest BCUT2D eigenvalue weighted by molar-refractivity contribution is -0.0556. The normalized spacial score (nSPS) is 16.0. The maximum Gasteiger partial charge on any atom is 0.295 e. The minimum absolute atomic E-state index is 0.252. The predicted octanol–water partition coefficient (Wildman–Crippen LogP) is 4.80. The summed E-state index contributed by atoms with van der Waals surface area (Å²) >= 11 is 6.35. The van der Waals surface area contributed by atoms with Crippen molar-refractivity contribution in [1.29, 1.82) is 5.26 Å². The number of pyridine rings is 1.